The lowest BCUT2D eigenvalue weighted by molar-refractivity contribution is 0.0864. The van der Waals surface area contributed by atoms with Gasteiger partial charge in [0.25, 0.3) is 5.56 Å². The lowest BCUT2D eigenvalue weighted by Gasteiger charge is -2.40. The number of likely N-dealkylation sites (tertiary alicyclic amines) is 1. The third kappa shape index (κ3) is 3.27. The van der Waals surface area contributed by atoms with Gasteiger partial charge in [0.2, 0.25) is 0 Å². The first-order chi connectivity index (χ1) is 16.5. The summed E-state index contributed by atoms with van der Waals surface area (Å²) in [6, 6.07) is 5.94. The van der Waals surface area contributed by atoms with Crippen molar-refractivity contribution in [2.75, 3.05) is 13.1 Å². The second-order valence-corrected chi connectivity index (χ2v) is 10.6. The van der Waals surface area contributed by atoms with Crippen molar-refractivity contribution >= 4 is 16.6 Å². The van der Waals surface area contributed by atoms with Gasteiger partial charge in [-0.2, -0.15) is 10.2 Å². The Bertz CT molecular complexity index is 1490. The van der Waals surface area contributed by atoms with Gasteiger partial charge in [0.05, 0.1) is 40.7 Å². The van der Waals surface area contributed by atoms with Crippen molar-refractivity contribution in [2.45, 2.75) is 64.0 Å². The Hall–Kier alpha value is -3.13. The zero-order chi connectivity index (χ0) is 23.0. The van der Waals surface area contributed by atoms with E-state index >= 15 is 0 Å². The Morgan fingerprint density at radius 1 is 1.09 bits per heavy atom. The van der Waals surface area contributed by atoms with Gasteiger partial charge in [-0.15, -0.1) is 0 Å². The van der Waals surface area contributed by atoms with Crippen LogP contribution in [-0.4, -0.2) is 52.9 Å². The first-order valence-electron chi connectivity index (χ1n) is 12.5. The molecule has 3 fully saturated rings. The van der Waals surface area contributed by atoms with Gasteiger partial charge in [0.1, 0.15) is 5.69 Å². The number of aromatic nitrogens is 6. The molecule has 34 heavy (non-hydrogen) atoms. The molecule has 1 spiro atoms. The molecule has 0 N–H and O–H groups in total. The van der Waals surface area contributed by atoms with Gasteiger partial charge in [-0.25, -0.2) is 19.2 Å². The summed E-state index contributed by atoms with van der Waals surface area (Å²) in [4.78, 5) is 25.4. The molecule has 1 aliphatic heterocycles. The maximum Gasteiger partial charge on any atom is 0.276 e. The smallest absolute Gasteiger partial charge is 0.276 e. The second-order valence-electron chi connectivity index (χ2n) is 10.6. The van der Waals surface area contributed by atoms with Gasteiger partial charge in [-0.3, -0.25) is 9.69 Å². The van der Waals surface area contributed by atoms with Crippen molar-refractivity contribution in [3.8, 4) is 11.4 Å². The molecule has 174 valence electrons. The van der Waals surface area contributed by atoms with E-state index in [9.17, 15) is 4.79 Å². The largest absolute Gasteiger partial charge is 0.297 e. The molecular formula is C26H29N7O. The highest BCUT2D eigenvalue weighted by Crippen LogP contribution is 2.52. The maximum atomic E-state index is 13.4. The number of nitrogens with zero attached hydrogens (tertiary/aromatic N) is 7. The summed E-state index contributed by atoms with van der Waals surface area (Å²) in [5.74, 6) is 0.910. The number of hydrogen-bond donors (Lipinski definition) is 0. The number of rotatable bonds is 4. The predicted octanol–water partition coefficient (Wildman–Crippen LogP) is 3.70. The number of hydrogen-bond acceptors (Lipinski definition) is 6. The minimum atomic E-state index is -0.0298. The van der Waals surface area contributed by atoms with Gasteiger partial charge in [0.15, 0.2) is 5.65 Å². The molecule has 5 heterocycles. The van der Waals surface area contributed by atoms with E-state index in [1.165, 1.54) is 32.2 Å². The fourth-order valence-electron chi connectivity index (χ4n) is 5.80. The highest BCUT2D eigenvalue weighted by molar-refractivity contribution is 5.79. The molecule has 1 unspecified atom stereocenters. The summed E-state index contributed by atoms with van der Waals surface area (Å²) in [7, 11) is 0. The molecule has 8 heteroatoms. The Kier molecular flexibility index (Phi) is 4.28. The topological polar surface area (TPSA) is 81.2 Å². The van der Waals surface area contributed by atoms with Crippen molar-refractivity contribution in [1.29, 1.82) is 0 Å². The molecule has 0 amide bonds. The summed E-state index contributed by atoms with van der Waals surface area (Å²) in [5, 5.41) is 9.93. The lowest BCUT2D eigenvalue weighted by Crippen LogP contribution is -2.47. The number of pyridine rings is 1. The summed E-state index contributed by atoms with van der Waals surface area (Å²) < 4.78 is 3.53. The molecular weight excluding hydrogens is 426 g/mol. The standard InChI is InChI=1S/C26H29N7O/c1-16-11-22(30-32-14-17(2)28-24(16)32)21-6-5-20-23(29-21)13-27-33(25(20)34)19-7-10-31(15-18-3-4-18)26(12-19)8-9-26/h5-6,11,13-14,18-19H,3-4,7-10,12,15H2,1-2H3. The van der Waals surface area contributed by atoms with Crippen molar-refractivity contribution < 1.29 is 0 Å². The molecule has 8 nitrogen and oxygen atoms in total. The first kappa shape index (κ1) is 20.3. The van der Waals surface area contributed by atoms with Crippen LogP contribution in [0, 0.1) is 19.8 Å². The van der Waals surface area contributed by atoms with Crippen LogP contribution in [0.5, 0.6) is 0 Å². The normalized spacial score (nSPS) is 22.1. The average Bonchev–Trinajstić information content (AvgIpc) is 3.75. The molecule has 3 aliphatic rings. The highest BCUT2D eigenvalue weighted by Gasteiger charge is 2.52. The monoisotopic (exact) mass is 455 g/mol. The van der Waals surface area contributed by atoms with Gasteiger partial charge in [-0.05, 0) is 82.1 Å². The maximum absolute atomic E-state index is 13.4. The van der Waals surface area contributed by atoms with Gasteiger partial charge in [-0.1, -0.05) is 0 Å². The highest BCUT2D eigenvalue weighted by atomic mass is 16.1. The molecule has 4 aromatic heterocycles. The SMILES string of the molecule is Cc1cn2nc(-c3ccc4c(=O)n(C5CCN(CC6CC6)C6(CC6)C5)ncc4n3)cc(C)c2n1. The first-order valence-corrected chi connectivity index (χ1v) is 12.5. The van der Waals surface area contributed by atoms with E-state index < -0.39 is 0 Å². The number of imidazole rings is 1. The quantitative estimate of drug-likeness (QED) is 0.467. The molecule has 0 bridgehead atoms. The third-order valence-corrected chi connectivity index (χ3v) is 8.03. The van der Waals surface area contributed by atoms with Crippen LogP contribution in [0.3, 0.4) is 0 Å². The van der Waals surface area contributed by atoms with E-state index in [0.29, 0.717) is 16.4 Å². The van der Waals surface area contributed by atoms with Crippen LogP contribution in [0.15, 0.2) is 35.4 Å². The summed E-state index contributed by atoms with van der Waals surface area (Å²) in [6.45, 7) is 6.31. The van der Waals surface area contributed by atoms with Crippen LogP contribution >= 0.6 is 0 Å². The third-order valence-electron chi connectivity index (χ3n) is 8.03. The molecule has 0 aromatic carbocycles. The van der Waals surface area contributed by atoms with Crippen LogP contribution in [0.25, 0.3) is 27.9 Å². The molecule has 4 aromatic rings. The Labute approximate surface area is 197 Å². The molecule has 7 rings (SSSR count). The fourth-order valence-corrected chi connectivity index (χ4v) is 5.80. The molecule has 0 radical (unpaired) electrons. The van der Waals surface area contributed by atoms with E-state index in [2.05, 4.69) is 20.1 Å². The van der Waals surface area contributed by atoms with Crippen molar-refractivity contribution in [3.63, 3.8) is 0 Å². The van der Waals surface area contributed by atoms with E-state index in [0.717, 1.165) is 53.6 Å². The van der Waals surface area contributed by atoms with E-state index in [1.54, 1.807) is 15.4 Å². The zero-order valence-corrected chi connectivity index (χ0v) is 19.7. The van der Waals surface area contributed by atoms with Gasteiger partial charge in [0, 0.05) is 18.6 Å². The van der Waals surface area contributed by atoms with Crippen molar-refractivity contribution in [1.82, 2.24) is 34.3 Å². The van der Waals surface area contributed by atoms with Crippen LogP contribution in [0.2, 0.25) is 0 Å². The minimum absolute atomic E-state index is 0.0298. The van der Waals surface area contributed by atoms with Crippen LogP contribution in [0.4, 0.5) is 0 Å². The Balaban J connectivity index is 1.21. The number of aryl methyl sites for hydroxylation is 2. The average molecular weight is 456 g/mol. The minimum Gasteiger partial charge on any atom is -0.297 e. The number of fused-ring (bicyclic) bond motifs is 2. The Morgan fingerprint density at radius 2 is 1.94 bits per heavy atom. The van der Waals surface area contributed by atoms with Crippen molar-refractivity contribution in [2.24, 2.45) is 5.92 Å². The fraction of sp³-hybridized carbons (Fsp3) is 0.500. The van der Waals surface area contributed by atoms with Crippen molar-refractivity contribution in [3.05, 3.63) is 52.2 Å². The second kappa shape index (κ2) is 7.18. The number of piperidine rings is 1. The van der Waals surface area contributed by atoms with E-state index in [1.807, 2.05) is 38.2 Å². The van der Waals surface area contributed by atoms with Crippen LogP contribution in [0.1, 0.15) is 55.8 Å². The Morgan fingerprint density at radius 3 is 2.74 bits per heavy atom. The van der Waals surface area contributed by atoms with E-state index in [-0.39, 0.29) is 11.6 Å². The molecule has 1 atom stereocenters. The lowest BCUT2D eigenvalue weighted by atomic mass is 9.94. The summed E-state index contributed by atoms with van der Waals surface area (Å²) in [6.07, 6.45) is 11.0. The van der Waals surface area contributed by atoms with Gasteiger partial charge < -0.3 is 0 Å². The molecule has 2 aliphatic carbocycles. The van der Waals surface area contributed by atoms with Gasteiger partial charge >= 0.3 is 0 Å². The van der Waals surface area contributed by atoms with E-state index in [4.69, 9.17) is 4.98 Å². The molecule has 1 saturated heterocycles. The summed E-state index contributed by atoms with van der Waals surface area (Å²) in [5.41, 5.74) is 5.21. The molecule has 2 saturated carbocycles. The van der Waals surface area contributed by atoms with Crippen LogP contribution < -0.4 is 5.56 Å². The van der Waals surface area contributed by atoms with Crippen LogP contribution in [-0.2, 0) is 0 Å². The zero-order valence-electron chi connectivity index (χ0n) is 19.7. The summed E-state index contributed by atoms with van der Waals surface area (Å²) >= 11 is 0. The predicted molar refractivity (Wildman–Crippen MR) is 130 cm³/mol.